The highest BCUT2D eigenvalue weighted by molar-refractivity contribution is 6.31. The summed E-state index contributed by atoms with van der Waals surface area (Å²) in [5, 5.41) is 19.1. The number of nitro benzene ring substituents is 1. The lowest BCUT2D eigenvalue weighted by atomic mass is 10.1. The summed E-state index contributed by atoms with van der Waals surface area (Å²) in [5.74, 6) is 0.491. The van der Waals surface area contributed by atoms with E-state index in [1.54, 1.807) is 24.6 Å². The molecule has 1 unspecified atom stereocenters. The number of hydrogen-bond acceptors (Lipinski definition) is 5. The van der Waals surface area contributed by atoms with E-state index in [2.05, 4.69) is 10.4 Å². The number of nitrogens with one attached hydrogen (secondary N) is 1. The Labute approximate surface area is 191 Å². The van der Waals surface area contributed by atoms with Gasteiger partial charge in [0.2, 0.25) is 5.91 Å². The molecule has 0 saturated heterocycles. The number of ether oxygens (including phenoxy) is 1. The minimum atomic E-state index is -0.621. The molecule has 0 bridgehead atoms. The number of carbonyl (C=O) groups excluding carboxylic acids is 1. The molecule has 0 spiro atoms. The Morgan fingerprint density at radius 1 is 1.22 bits per heavy atom. The summed E-state index contributed by atoms with van der Waals surface area (Å²) < 4.78 is 7.50. The number of benzene rings is 2. The third kappa shape index (κ3) is 4.91. The number of nitro groups is 1. The van der Waals surface area contributed by atoms with E-state index in [1.165, 1.54) is 12.1 Å². The number of anilines is 1. The molecule has 1 heterocycles. The number of aryl methyl sites for hydroxylation is 3. The summed E-state index contributed by atoms with van der Waals surface area (Å²) in [7, 11) is 0. The highest BCUT2D eigenvalue weighted by Crippen LogP contribution is 2.32. The minimum absolute atomic E-state index is 0.190. The Kier molecular flexibility index (Phi) is 6.84. The maximum atomic E-state index is 13.0. The molecule has 3 rings (SSSR count). The Morgan fingerprint density at radius 2 is 1.94 bits per heavy atom. The van der Waals surface area contributed by atoms with E-state index in [-0.39, 0.29) is 23.0 Å². The van der Waals surface area contributed by atoms with Crippen LogP contribution in [0.4, 0.5) is 11.4 Å². The summed E-state index contributed by atoms with van der Waals surface area (Å²) in [4.78, 5) is 24.0. The smallest absolute Gasteiger partial charge is 0.275 e. The van der Waals surface area contributed by atoms with Crippen molar-refractivity contribution in [1.82, 2.24) is 9.78 Å². The van der Waals surface area contributed by atoms with Gasteiger partial charge < -0.3 is 10.1 Å². The highest BCUT2D eigenvalue weighted by atomic mass is 35.5. The molecular formula is C23H25ClN4O4. The number of non-ortho nitro benzene ring substituents is 1. The predicted molar refractivity (Wildman–Crippen MR) is 124 cm³/mol. The van der Waals surface area contributed by atoms with E-state index in [9.17, 15) is 14.9 Å². The van der Waals surface area contributed by atoms with E-state index in [4.69, 9.17) is 16.3 Å². The van der Waals surface area contributed by atoms with Crippen molar-refractivity contribution in [3.8, 4) is 11.5 Å². The van der Waals surface area contributed by atoms with E-state index in [0.29, 0.717) is 28.6 Å². The maximum Gasteiger partial charge on any atom is 0.275 e. The topological polar surface area (TPSA) is 99.3 Å². The second kappa shape index (κ2) is 9.40. The van der Waals surface area contributed by atoms with Crippen LogP contribution in [0.2, 0.25) is 5.02 Å². The second-order valence-corrected chi connectivity index (χ2v) is 8.06. The average Bonchev–Trinajstić information content (AvgIpc) is 2.98. The van der Waals surface area contributed by atoms with Gasteiger partial charge in [-0.15, -0.1) is 0 Å². The molecule has 168 valence electrons. The lowest BCUT2D eigenvalue weighted by Crippen LogP contribution is -2.27. The lowest BCUT2D eigenvalue weighted by Gasteiger charge is -2.18. The second-order valence-electron chi connectivity index (χ2n) is 7.69. The van der Waals surface area contributed by atoms with Gasteiger partial charge in [-0.1, -0.05) is 30.7 Å². The van der Waals surface area contributed by atoms with Crippen LogP contribution in [0.15, 0.2) is 36.4 Å². The molecule has 3 aromatic rings. The number of rotatable bonds is 7. The molecule has 0 radical (unpaired) electrons. The van der Waals surface area contributed by atoms with Crippen molar-refractivity contribution in [2.75, 3.05) is 5.32 Å². The monoisotopic (exact) mass is 456 g/mol. The molecule has 0 aliphatic rings. The van der Waals surface area contributed by atoms with Crippen molar-refractivity contribution >= 4 is 28.9 Å². The van der Waals surface area contributed by atoms with Crippen LogP contribution in [0, 0.1) is 37.8 Å². The van der Waals surface area contributed by atoms with Gasteiger partial charge in [-0.2, -0.15) is 5.10 Å². The van der Waals surface area contributed by atoms with Gasteiger partial charge in [0.05, 0.1) is 33.1 Å². The van der Waals surface area contributed by atoms with E-state index < -0.39 is 11.0 Å². The number of aromatic nitrogens is 2. The van der Waals surface area contributed by atoms with Crippen LogP contribution in [-0.4, -0.2) is 20.6 Å². The molecule has 0 fully saturated rings. The van der Waals surface area contributed by atoms with E-state index in [1.807, 2.05) is 39.0 Å². The summed E-state index contributed by atoms with van der Waals surface area (Å²) in [5.41, 5.74) is 3.28. The fourth-order valence-electron chi connectivity index (χ4n) is 3.41. The Balaban J connectivity index is 1.92. The number of carbonyl (C=O) groups is 1. The van der Waals surface area contributed by atoms with Crippen molar-refractivity contribution in [2.45, 2.75) is 47.1 Å². The van der Waals surface area contributed by atoms with Crippen LogP contribution in [0.25, 0.3) is 0 Å². The van der Waals surface area contributed by atoms with Crippen molar-refractivity contribution in [3.63, 3.8) is 0 Å². The Bertz CT molecular complexity index is 1190. The van der Waals surface area contributed by atoms with Crippen molar-refractivity contribution in [3.05, 3.63) is 74.0 Å². The van der Waals surface area contributed by atoms with Crippen LogP contribution in [0.3, 0.4) is 0 Å². The third-order valence-corrected chi connectivity index (χ3v) is 5.71. The van der Waals surface area contributed by atoms with Crippen LogP contribution >= 0.6 is 11.6 Å². The van der Waals surface area contributed by atoms with Crippen molar-refractivity contribution < 1.29 is 14.5 Å². The first-order valence-corrected chi connectivity index (χ1v) is 10.5. The molecule has 8 nitrogen and oxygen atoms in total. The number of nitrogens with zero attached hydrogens (tertiary/aromatic N) is 3. The molecule has 0 saturated carbocycles. The summed E-state index contributed by atoms with van der Waals surface area (Å²) in [6.45, 7) is 9.24. The zero-order chi connectivity index (χ0) is 23.6. The van der Waals surface area contributed by atoms with Gasteiger partial charge in [0.25, 0.3) is 5.69 Å². The Hall–Kier alpha value is -3.39. The zero-order valence-corrected chi connectivity index (χ0v) is 19.4. The third-order valence-electron chi connectivity index (χ3n) is 5.16. The first kappa shape index (κ1) is 23.3. The number of halogens is 1. The van der Waals surface area contributed by atoms with Gasteiger partial charge in [0.15, 0.2) is 0 Å². The van der Waals surface area contributed by atoms with Gasteiger partial charge in [-0.25, -0.2) is 0 Å². The SMILES string of the molecule is CCC(C(=O)Nc1cc(Oc2cc(C)ccc2C)cc([N+](=O)[O-])c1)n1nc(C)c(Cl)c1C. The first-order chi connectivity index (χ1) is 15.1. The minimum Gasteiger partial charge on any atom is -0.457 e. The quantitative estimate of drug-likeness (QED) is 0.344. The van der Waals surface area contributed by atoms with E-state index >= 15 is 0 Å². The van der Waals surface area contributed by atoms with Gasteiger partial charge in [0, 0.05) is 12.1 Å². The average molecular weight is 457 g/mol. The molecule has 0 aliphatic carbocycles. The summed E-state index contributed by atoms with van der Waals surface area (Å²) in [6, 6.07) is 9.29. The summed E-state index contributed by atoms with van der Waals surface area (Å²) in [6.07, 6.45) is 0.463. The molecular weight excluding hydrogens is 432 g/mol. The van der Waals surface area contributed by atoms with Crippen molar-refractivity contribution in [2.24, 2.45) is 0 Å². The highest BCUT2D eigenvalue weighted by Gasteiger charge is 2.24. The summed E-state index contributed by atoms with van der Waals surface area (Å²) >= 11 is 6.24. The van der Waals surface area contributed by atoms with Crippen molar-refractivity contribution in [1.29, 1.82) is 0 Å². The van der Waals surface area contributed by atoms with Crippen LogP contribution in [-0.2, 0) is 4.79 Å². The lowest BCUT2D eigenvalue weighted by molar-refractivity contribution is -0.384. The normalized spacial score (nSPS) is 11.8. The molecule has 2 aromatic carbocycles. The fourth-order valence-corrected chi connectivity index (χ4v) is 3.53. The molecule has 0 aliphatic heterocycles. The molecule has 1 aromatic heterocycles. The van der Waals surface area contributed by atoms with Gasteiger partial charge >= 0.3 is 0 Å². The molecule has 1 amide bonds. The fraction of sp³-hybridized carbons (Fsp3) is 0.304. The number of hydrogen-bond donors (Lipinski definition) is 1. The van der Waals surface area contributed by atoms with Crippen LogP contribution < -0.4 is 10.1 Å². The molecule has 1 atom stereocenters. The maximum absolute atomic E-state index is 13.0. The van der Waals surface area contributed by atoms with Gasteiger partial charge in [-0.3, -0.25) is 19.6 Å². The van der Waals surface area contributed by atoms with Crippen LogP contribution in [0.5, 0.6) is 11.5 Å². The predicted octanol–water partition coefficient (Wildman–Crippen LogP) is 6.06. The van der Waals surface area contributed by atoms with Crippen LogP contribution in [0.1, 0.15) is 41.9 Å². The molecule has 32 heavy (non-hydrogen) atoms. The largest absolute Gasteiger partial charge is 0.457 e. The molecule has 1 N–H and O–H groups in total. The van der Waals surface area contributed by atoms with Gasteiger partial charge in [-0.05, 0) is 51.3 Å². The Morgan fingerprint density at radius 3 is 2.53 bits per heavy atom. The zero-order valence-electron chi connectivity index (χ0n) is 18.6. The first-order valence-electron chi connectivity index (χ1n) is 10.2. The standard InChI is InChI=1S/C23H25ClN4O4/c1-6-20(27-16(5)22(24)15(4)26-27)23(29)25-17-10-18(28(30)31)12-19(11-17)32-21-9-13(2)7-8-14(21)3/h7-12,20H,6H2,1-5H3,(H,25,29). The van der Waals surface area contributed by atoms with Gasteiger partial charge in [0.1, 0.15) is 17.5 Å². The van der Waals surface area contributed by atoms with E-state index in [0.717, 1.165) is 11.1 Å². The molecule has 9 heteroatoms. The number of amides is 1.